The minimum atomic E-state index is -2.36. The van der Waals surface area contributed by atoms with E-state index < -0.39 is 18.4 Å². The van der Waals surface area contributed by atoms with Crippen molar-refractivity contribution in [2.75, 3.05) is 18.1 Å². The van der Waals surface area contributed by atoms with Crippen LogP contribution in [0.4, 0.5) is 8.78 Å². The van der Waals surface area contributed by atoms with E-state index in [2.05, 4.69) is 4.74 Å². The van der Waals surface area contributed by atoms with Crippen LogP contribution in [0.2, 0.25) is 0 Å². The predicted octanol–water partition coefficient (Wildman–Crippen LogP) is 0.875. The summed E-state index contributed by atoms with van der Waals surface area (Å²) in [4.78, 5) is 10.9. The molecular weight excluding hydrogens is 200 g/mol. The number of esters is 1. The molecule has 0 aromatic rings. The second-order valence-electron chi connectivity index (χ2n) is 2.29. The van der Waals surface area contributed by atoms with Crippen molar-refractivity contribution in [3.63, 3.8) is 0 Å². The van der Waals surface area contributed by atoms with Crippen molar-refractivity contribution in [1.29, 1.82) is 0 Å². The van der Waals surface area contributed by atoms with Gasteiger partial charge in [0.05, 0.1) is 12.4 Å². The molecule has 0 amide bonds. The standard InChI is InChI=1S/C7H13F2NO2S/c1-2-12-7(11)5(10)3-13-4-6(8)9/h5-6H,2-4,10H2,1H3. The van der Waals surface area contributed by atoms with Crippen LogP contribution >= 0.6 is 11.8 Å². The lowest BCUT2D eigenvalue weighted by Gasteiger charge is -2.09. The van der Waals surface area contributed by atoms with Gasteiger partial charge in [-0.1, -0.05) is 0 Å². The predicted molar refractivity (Wildman–Crippen MR) is 47.9 cm³/mol. The number of nitrogens with two attached hydrogens (primary N) is 1. The minimum Gasteiger partial charge on any atom is -0.465 e. The maximum absolute atomic E-state index is 11.7. The van der Waals surface area contributed by atoms with Crippen LogP contribution in [0.5, 0.6) is 0 Å². The van der Waals surface area contributed by atoms with Gasteiger partial charge in [0.1, 0.15) is 6.04 Å². The molecule has 1 atom stereocenters. The van der Waals surface area contributed by atoms with E-state index in [9.17, 15) is 13.6 Å². The van der Waals surface area contributed by atoms with E-state index in [0.717, 1.165) is 11.8 Å². The fraction of sp³-hybridized carbons (Fsp3) is 0.857. The van der Waals surface area contributed by atoms with Crippen molar-refractivity contribution in [3.05, 3.63) is 0 Å². The van der Waals surface area contributed by atoms with E-state index in [-0.39, 0.29) is 18.1 Å². The van der Waals surface area contributed by atoms with Gasteiger partial charge in [-0.2, -0.15) is 11.8 Å². The minimum absolute atomic E-state index is 0.170. The zero-order chi connectivity index (χ0) is 10.3. The Labute approximate surface area is 80.0 Å². The third kappa shape index (κ3) is 6.77. The first-order valence-electron chi connectivity index (χ1n) is 3.86. The van der Waals surface area contributed by atoms with Crippen LogP contribution in [-0.4, -0.2) is 36.5 Å². The highest BCUT2D eigenvalue weighted by molar-refractivity contribution is 7.99. The molecule has 78 valence electrons. The molecule has 1 unspecified atom stereocenters. The fourth-order valence-corrected chi connectivity index (χ4v) is 1.31. The molecule has 2 N–H and O–H groups in total. The topological polar surface area (TPSA) is 52.3 Å². The van der Waals surface area contributed by atoms with Crippen molar-refractivity contribution in [1.82, 2.24) is 0 Å². The zero-order valence-corrected chi connectivity index (χ0v) is 8.15. The molecule has 0 spiro atoms. The fourth-order valence-electron chi connectivity index (χ4n) is 0.601. The van der Waals surface area contributed by atoms with Crippen LogP contribution in [-0.2, 0) is 9.53 Å². The monoisotopic (exact) mass is 213 g/mol. The zero-order valence-electron chi connectivity index (χ0n) is 7.33. The van der Waals surface area contributed by atoms with Crippen LogP contribution in [0.15, 0.2) is 0 Å². The molecule has 0 aromatic heterocycles. The van der Waals surface area contributed by atoms with Crippen LogP contribution in [0.1, 0.15) is 6.92 Å². The van der Waals surface area contributed by atoms with E-state index in [4.69, 9.17) is 5.73 Å². The van der Waals surface area contributed by atoms with Gasteiger partial charge in [0.25, 0.3) is 0 Å². The maximum atomic E-state index is 11.7. The number of ether oxygens (including phenoxy) is 1. The van der Waals surface area contributed by atoms with Gasteiger partial charge in [-0.3, -0.25) is 4.79 Å². The molecular formula is C7H13F2NO2S. The van der Waals surface area contributed by atoms with Gasteiger partial charge in [-0.05, 0) is 6.92 Å². The third-order valence-electron chi connectivity index (χ3n) is 1.13. The highest BCUT2D eigenvalue weighted by Gasteiger charge is 2.15. The number of halogens is 2. The smallest absolute Gasteiger partial charge is 0.323 e. The summed E-state index contributed by atoms with van der Waals surface area (Å²) in [7, 11) is 0. The van der Waals surface area contributed by atoms with E-state index in [1.165, 1.54) is 0 Å². The average Bonchev–Trinajstić information content (AvgIpc) is 2.04. The Morgan fingerprint density at radius 3 is 2.62 bits per heavy atom. The maximum Gasteiger partial charge on any atom is 0.323 e. The first-order valence-corrected chi connectivity index (χ1v) is 5.01. The average molecular weight is 213 g/mol. The van der Waals surface area contributed by atoms with Crippen LogP contribution < -0.4 is 5.73 Å². The molecule has 0 saturated carbocycles. The highest BCUT2D eigenvalue weighted by Crippen LogP contribution is 2.08. The summed E-state index contributed by atoms with van der Waals surface area (Å²) >= 11 is 0.948. The second-order valence-corrected chi connectivity index (χ2v) is 3.36. The van der Waals surface area contributed by atoms with Gasteiger partial charge in [-0.15, -0.1) is 0 Å². The van der Waals surface area contributed by atoms with Gasteiger partial charge in [0.15, 0.2) is 0 Å². The lowest BCUT2D eigenvalue weighted by molar-refractivity contribution is -0.144. The molecule has 0 bridgehead atoms. The number of alkyl halides is 2. The summed E-state index contributed by atoms with van der Waals surface area (Å²) in [6.45, 7) is 1.92. The molecule has 0 aliphatic heterocycles. The Hall–Kier alpha value is -0.360. The highest BCUT2D eigenvalue weighted by atomic mass is 32.2. The largest absolute Gasteiger partial charge is 0.465 e. The number of carbonyl (C=O) groups excluding carboxylic acids is 1. The summed E-state index contributed by atoms with van der Waals surface area (Å²) in [5.41, 5.74) is 5.35. The Morgan fingerprint density at radius 2 is 2.15 bits per heavy atom. The molecule has 0 saturated heterocycles. The number of carbonyl (C=O) groups is 1. The van der Waals surface area contributed by atoms with Crippen molar-refractivity contribution in [2.45, 2.75) is 19.4 Å². The van der Waals surface area contributed by atoms with Gasteiger partial charge in [-0.25, -0.2) is 8.78 Å². The second kappa shape index (κ2) is 7.08. The normalized spacial score (nSPS) is 13.0. The Balaban J connectivity index is 3.49. The third-order valence-corrected chi connectivity index (χ3v) is 2.21. The molecule has 0 rings (SSSR count). The van der Waals surface area contributed by atoms with Crippen LogP contribution in [0.25, 0.3) is 0 Å². The van der Waals surface area contributed by atoms with E-state index in [1.54, 1.807) is 6.92 Å². The quantitative estimate of drug-likeness (QED) is 0.665. The van der Waals surface area contributed by atoms with Crippen molar-refractivity contribution >= 4 is 17.7 Å². The SMILES string of the molecule is CCOC(=O)C(N)CSCC(F)F. The first-order chi connectivity index (χ1) is 6.07. The van der Waals surface area contributed by atoms with E-state index in [0.29, 0.717) is 0 Å². The number of hydrogen-bond acceptors (Lipinski definition) is 4. The van der Waals surface area contributed by atoms with Crippen molar-refractivity contribution in [3.8, 4) is 0 Å². The Morgan fingerprint density at radius 1 is 1.54 bits per heavy atom. The Bertz CT molecular complexity index is 157. The molecule has 0 radical (unpaired) electrons. The van der Waals surface area contributed by atoms with Crippen molar-refractivity contribution in [2.24, 2.45) is 5.73 Å². The van der Waals surface area contributed by atoms with E-state index >= 15 is 0 Å². The van der Waals surface area contributed by atoms with E-state index in [1.807, 2.05) is 0 Å². The number of rotatable bonds is 6. The lowest BCUT2D eigenvalue weighted by Crippen LogP contribution is -2.34. The molecule has 13 heavy (non-hydrogen) atoms. The summed E-state index contributed by atoms with van der Waals surface area (Å²) in [5, 5.41) is 0. The first kappa shape index (κ1) is 12.6. The summed E-state index contributed by atoms with van der Waals surface area (Å²) in [5.74, 6) is -0.666. The summed E-state index contributed by atoms with van der Waals surface area (Å²) < 4.78 is 27.9. The molecule has 0 fully saturated rings. The summed E-state index contributed by atoms with van der Waals surface area (Å²) in [6, 6.07) is -0.802. The summed E-state index contributed by atoms with van der Waals surface area (Å²) in [6.07, 6.45) is -2.36. The van der Waals surface area contributed by atoms with Gasteiger partial charge < -0.3 is 10.5 Å². The molecule has 0 heterocycles. The molecule has 0 aliphatic rings. The molecule has 3 nitrogen and oxygen atoms in total. The lowest BCUT2D eigenvalue weighted by atomic mass is 10.4. The van der Waals surface area contributed by atoms with Gasteiger partial charge in [0, 0.05) is 5.75 Å². The van der Waals surface area contributed by atoms with Crippen molar-refractivity contribution < 1.29 is 18.3 Å². The van der Waals surface area contributed by atoms with Crippen LogP contribution in [0.3, 0.4) is 0 Å². The molecule has 0 aromatic carbocycles. The van der Waals surface area contributed by atoms with Gasteiger partial charge >= 0.3 is 5.97 Å². The molecule has 6 heteroatoms. The number of thioether (sulfide) groups is 1. The molecule has 0 aliphatic carbocycles. The Kier molecular flexibility index (Phi) is 6.89. The van der Waals surface area contributed by atoms with Gasteiger partial charge in [0.2, 0.25) is 6.43 Å². The number of hydrogen-bond donors (Lipinski definition) is 1. The van der Waals surface area contributed by atoms with Crippen LogP contribution in [0, 0.1) is 0 Å².